The van der Waals surface area contributed by atoms with Crippen molar-refractivity contribution in [2.75, 3.05) is 20.3 Å². The molecule has 1 aliphatic heterocycles. The molecule has 5 rings (SSSR count). The maximum atomic E-state index is 14.0. The molecule has 0 amide bonds. The van der Waals surface area contributed by atoms with Gasteiger partial charge in [-0.15, -0.1) is 0 Å². The van der Waals surface area contributed by atoms with Crippen LogP contribution >= 0.6 is 11.7 Å². The molecule has 0 saturated carbocycles. The first-order chi connectivity index (χ1) is 16.4. The molecule has 34 heavy (non-hydrogen) atoms. The molecule has 9 nitrogen and oxygen atoms in total. The summed E-state index contributed by atoms with van der Waals surface area (Å²) in [7, 11) is -2.45. The van der Waals surface area contributed by atoms with Crippen LogP contribution in [0, 0.1) is 6.92 Å². The Balaban J connectivity index is 1.60. The molecule has 11 heteroatoms. The highest BCUT2D eigenvalue weighted by Gasteiger charge is 2.33. The Morgan fingerprint density at radius 1 is 1.24 bits per heavy atom. The Labute approximate surface area is 200 Å². The van der Waals surface area contributed by atoms with Crippen LogP contribution in [0.3, 0.4) is 0 Å². The van der Waals surface area contributed by atoms with Crippen molar-refractivity contribution in [2.45, 2.75) is 37.3 Å². The normalized spacial score (nSPS) is 16.6. The van der Waals surface area contributed by atoms with Crippen molar-refractivity contribution in [3.8, 4) is 5.75 Å². The quantitative estimate of drug-likeness (QED) is 0.414. The average Bonchev–Trinajstić information content (AvgIpc) is 3.50. The molecule has 1 saturated heterocycles. The third-order valence-corrected chi connectivity index (χ3v) is 8.61. The van der Waals surface area contributed by atoms with E-state index < -0.39 is 10.0 Å². The number of pyridine rings is 1. The molecule has 1 atom stereocenters. The first-order valence-corrected chi connectivity index (χ1v) is 13.1. The Hall–Kier alpha value is -2.86. The van der Waals surface area contributed by atoms with E-state index in [0.29, 0.717) is 40.0 Å². The van der Waals surface area contributed by atoms with Crippen molar-refractivity contribution in [3.63, 3.8) is 0 Å². The van der Waals surface area contributed by atoms with Crippen molar-refractivity contribution < 1.29 is 17.9 Å². The number of nitrogens with one attached hydrogen (secondary N) is 1. The second kappa shape index (κ2) is 9.06. The van der Waals surface area contributed by atoms with Crippen LogP contribution in [0.1, 0.15) is 24.0 Å². The Morgan fingerprint density at radius 3 is 2.85 bits per heavy atom. The van der Waals surface area contributed by atoms with Gasteiger partial charge in [0.05, 0.1) is 24.9 Å². The van der Waals surface area contributed by atoms with Gasteiger partial charge in [0.25, 0.3) is 5.56 Å². The standard InChI is InChI=1S/C23H24N4O5S2/c1-14-5-7-20-21(26-33-25-20)22(14)34(29,30)27(13-18-4-3-9-32-18)12-16-10-15-11-17(31-2)6-8-19(15)24-23(16)28/h5-8,10-11,18H,3-4,9,12-13H2,1-2H3,(H,24,28). The molecule has 2 aromatic heterocycles. The van der Waals surface area contributed by atoms with E-state index in [1.807, 2.05) is 0 Å². The van der Waals surface area contributed by atoms with Gasteiger partial charge in [0.2, 0.25) is 10.0 Å². The summed E-state index contributed by atoms with van der Waals surface area (Å²) in [6.45, 7) is 2.38. The van der Waals surface area contributed by atoms with Crippen LogP contribution in [0.4, 0.5) is 0 Å². The van der Waals surface area contributed by atoms with E-state index in [1.54, 1.807) is 50.4 Å². The third kappa shape index (κ3) is 4.20. The molecule has 1 aliphatic rings. The van der Waals surface area contributed by atoms with Crippen LogP contribution < -0.4 is 10.3 Å². The summed E-state index contributed by atoms with van der Waals surface area (Å²) in [5.41, 5.74) is 2.10. The summed E-state index contributed by atoms with van der Waals surface area (Å²) in [6.07, 6.45) is 1.40. The number of sulfonamides is 1. The molecule has 1 fully saturated rings. The zero-order chi connectivity index (χ0) is 23.9. The van der Waals surface area contributed by atoms with Gasteiger partial charge in [0, 0.05) is 36.2 Å². The van der Waals surface area contributed by atoms with Gasteiger partial charge < -0.3 is 14.5 Å². The van der Waals surface area contributed by atoms with E-state index in [9.17, 15) is 13.2 Å². The van der Waals surface area contributed by atoms with Crippen LogP contribution in [0.15, 0.2) is 46.1 Å². The molecule has 1 N–H and O–H groups in total. The van der Waals surface area contributed by atoms with Gasteiger partial charge in [-0.3, -0.25) is 4.79 Å². The topological polar surface area (TPSA) is 114 Å². The van der Waals surface area contributed by atoms with E-state index in [4.69, 9.17) is 9.47 Å². The number of aromatic nitrogens is 3. The minimum absolute atomic E-state index is 0.0991. The summed E-state index contributed by atoms with van der Waals surface area (Å²) >= 11 is 0.973. The molecule has 2 aromatic carbocycles. The number of H-pyrrole nitrogens is 1. The fraction of sp³-hybridized carbons (Fsp3) is 0.348. The number of ether oxygens (including phenoxy) is 2. The van der Waals surface area contributed by atoms with E-state index >= 15 is 0 Å². The van der Waals surface area contributed by atoms with Gasteiger partial charge in [-0.25, -0.2) is 8.42 Å². The molecular formula is C23H24N4O5S2. The predicted octanol–water partition coefficient (Wildman–Crippen LogP) is 3.22. The fourth-order valence-electron chi connectivity index (χ4n) is 4.31. The van der Waals surface area contributed by atoms with Gasteiger partial charge in [-0.2, -0.15) is 13.1 Å². The lowest BCUT2D eigenvalue weighted by Gasteiger charge is -2.25. The number of rotatable bonds is 7. The van der Waals surface area contributed by atoms with Gasteiger partial charge in [0.1, 0.15) is 21.7 Å². The molecule has 0 bridgehead atoms. The lowest BCUT2D eigenvalue weighted by atomic mass is 10.1. The molecule has 3 heterocycles. The maximum absolute atomic E-state index is 14.0. The monoisotopic (exact) mass is 500 g/mol. The van der Waals surface area contributed by atoms with Crippen LogP contribution in [0.2, 0.25) is 0 Å². The van der Waals surface area contributed by atoms with Crippen LogP contribution in [-0.4, -0.2) is 52.8 Å². The van der Waals surface area contributed by atoms with E-state index in [0.717, 1.165) is 30.0 Å². The van der Waals surface area contributed by atoms with Gasteiger partial charge in [-0.1, -0.05) is 6.07 Å². The number of nitrogens with zero attached hydrogens (tertiary/aromatic N) is 3. The van der Waals surface area contributed by atoms with Crippen LogP contribution in [-0.2, 0) is 21.3 Å². The summed E-state index contributed by atoms with van der Waals surface area (Å²) in [6, 6.07) is 10.5. The number of aryl methyl sites for hydroxylation is 1. The van der Waals surface area contributed by atoms with Crippen molar-refractivity contribution in [1.82, 2.24) is 18.0 Å². The lowest BCUT2D eigenvalue weighted by Crippen LogP contribution is -2.38. The highest BCUT2D eigenvalue weighted by atomic mass is 32.2. The van der Waals surface area contributed by atoms with E-state index in [1.165, 1.54) is 4.31 Å². The number of methoxy groups -OCH3 is 1. The molecule has 0 spiro atoms. The Bertz CT molecular complexity index is 1520. The minimum atomic E-state index is -4.02. The van der Waals surface area contributed by atoms with Gasteiger partial charge in [-0.05, 0) is 55.7 Å². The van der Waals surface area contributed by atoms with Crippen molar-refractivity contribution >= 4 is 43.7 Å². The zero-order valence-corrected chi connectivity index (χ0v) is 20.4. The summed E-state index contributed by atoms with van der Waals surface area (Å²) in [5.74, 6) is 0.646. The number of aromatic amines is 1. The highest BCUT2D eigenvalue weighted by Crippen LogP contribution is 2.30. The summed E-state index contributed by atoms with van der Waals surface area (Å²) < 4.78 is 48.9. The number of benzene rings is 2. The Morgan fingerprint density at radius 2 is 2.09 bits per heavy atom. The zero-order valence-electron chi connectivity index (χ0n) is 18.8. The molecule has 1 unspecified atom stereocenters. The van der Waals surface area contributed by atoms with Crippen LogP contribution in [0.5, 0.6) is 5.75 Å². The molecule has 0 radical (unpaired) electrons. The van der Waals surface area contributed by atoms with E-state index in [-0.39, 0.29) is 29.6 Å². The molecular weight excluding hydrogens is 476 g/mol. The predicted molar refractivity (Wildman–Crippen MR) is 130 cm³/mol. The van der Waals surface area contributed by atoms with Crippen molar-refractivity contribution in [3.05, 3.63) is 57.9 Å². The van der Waals surface area contributed by atoms with Gasteiger partial charge >= 0.3 is 0 Å². The second-order valence-electron chi connectivity index (χ2n) is 8.35. The average molecular weight is 501 g/mol. The third-order valence-electron chi connectivity index (χ3n) is 6.08. The second-order valence-corrected chi connectivity index (χ2v) is 10.8. The molecule has 0 aliphatic carbocycles. The largest absolute Gasteiger partial charge is 0.497 e. The summed E-state index contributed by atoms with van der Waals surface area (Å²) in [5, 5.41) is 0.755. The van der Waals surface area contributed by atoms with Crippen molar-refractivity contribution in [2.24, 2.45) is 0 Å². The van der Waals surface area contributed by atoms with Crippen molar-refractivity contribution in [1.29, 1.82) is 0 Å². The van der Waals surface area contributed by atoms with E-state index in [2.05, 4.69) is 13.7 Å². The Kier molecular flexibility index (Phi) is 6.11. The van der Waals surface area contributed by atoms with Gasteiger partial charge in [0.15, 0.2) is 0 Å². The smallest absolute Gasteiger partial charge is 0.252 e. The maximum Gasteiger partial charge on any atom is 0.252 e. The number of hydrogen-bond acceptors (Lipinski definition) is 8. The number of fused-ring (bicyclic) bond motifs is 2. The molecule has 178 valence electrons. The SMILES string of the molecule is COc1ccc2[nH]c(=O)c(CN(CC3CCCO3)S(=O)(=O)c3c(C)ccc4nsnc34)cc2c1. The highest BCUT2D eigenvalue weighted by molar-refractivity contribution is 7.89. The number of hydrogen-bond donors (Lipinski definition) is 1. The fourth-order valence-corrected chi connectivity index (χ4v) is 6.71. The first kappa shape index (κ1) is 22.9. The summed E-state index contributed by atoms with van der Waals surface area (Å²) in [4.78, 5) is 15.9. The first-order valence-electron chi connectivity index (χ1n) is 10.9. The molecule has 4 aromatic rings. The minimum Gasteiger partial charge on any atom is -0.497 e. The van der Waals surface area contributed by atoms with Crippen LogP contribution in [0.25, 0.3) is 21.9 Å². The lowest BCUT2D eigenvalue weighted by molar-refractivity contribution is 0.0925.